The van der Waals surface area contributed by atoms with Gasteiger partial charge in [0.1, 0.15) is 0 Å². The number of nitrogens with zero attached hydrogens (tertiary/aromatic N) is 1. The van der Waals surface area contributed by atoms with E-state index in [1.807, 2.05) is 0 Å². The third-order valence-corrected chi connectivity index (χ3v) is 1.59. The molecule has 0 saturated heterocycles. The number of nitrogens with one attached hydrogen (secondary N) is 1. The minimum atomic E-state index is -0.444. The van der Waals surface area contributed by atoms with Gasteiger partial charge in [0.15, 0.2) is 0 Å². The highest BCUT2D eigenvalue weighted by atomic mass is 16.6. The highest BCUT2D eigenvalue weighted by Gasteiger charge is 2.04. The molecule has 0 radical (unpaired) electrons. The zero-order valence-electron chi connectivity index (χ0n) is 7.47. The van der Waals surface area contributed by atoms with E-state index in [1.54, 1.807) is 12.1 Å². The molecular formula is C9H10N2O3. The Bertz CT molecular complexity index is 339. The molecule has 0 aromatic heterocycles. The second kappa shape index (κ2) is 5.08. The number of hydrogen-bond acceptors (Lipinski definition) is 4. The molecule has 74 valence electrons. The highest BCUT2D eigenvalue weighted by molar-refractivity contribution is 5.54. The average Bonchev–Trinajstić information content (AvgIpc) is 2.19. The molecule has 1 aromatic carbocycles. The lowest BCUT2D eigenvalue weighted by Crippen LogP contribution is -1.96. The van der Waals surface area contributed by atoms with E-state index in [4.69, 9.17) is 10.1 Å². The van der Waals surface area contributed by atoms with E-state index in [0.29, 0.717) is 0 Å². The van der Waals surface area contributed by atoms with E-state index in [9.17, 15) is 10.1 Å². The quantitative estimate of drug-likeness (QED) is 0.336. The molecule has 1 rings (SSSR count). The van der Waals surface area contributed by atoms with E-state index >= 15 is 0 Å². The molecule has 0 saturated carbocycles. The summed E-state index contributed by atoms with van der Waals surface area (Å²) < 4.78 is 5.04. The standard InChI is InChI=1S/C9H10N2O3/c10-4-5-14-7-8-2-1-3-9(6-8)11(12)13/h1-4,6,10H,5,7H2. The van der Waals surface area contributed by atoms with Crippen LogP contribution < -0.4 is 0 Å². The molecule has 0 aliphatic rings. The number of nitro benzene ring substituents is 1. The number of non-ortho nitro benzene ring substituents is 1. The average molecular weight is 194 g/mol. The van der Waals surface area contributed by atoms with Crippen molar-refractivity contribution in [2.75, 3.05) is 6.61 Å². The van der Waals surface area contributed by atoms with Gasteiger partial charge >= 0.3 is 0 Å². The molecule has 0 bridgehead atoms. The first kappa shape index (κ1) is 10.3. The summed E-state index contributed by atoms with van der Waals surface area (Å²) in [7, 11) is 0. The Balaban J connectivity index is 2.63. The molecule has 5 nitrogen and oxygen atoms in total. The van der Waals surface area contributed by atoms with Crippen LogP contribution in [0.3, 0.4) is 0 Å². The van der Waals surface area contributed by atoms with Gasteiger partial charge in [-0.1, -0.05) is 12.1 Å². The maximum Gasteiger partial charge on any atom is 0.269 e. The second-order valence-corrected chi connectivity index (χ2v) is 2.65. The zero-order valence-corrected chi connectivity index (χ0v) is 7.47. The molecule has 0 amide bonds. The summed E-state index contributed by atoms with van der Waals surface area (Å²) in [6.45, 7) is 0.514. The van der Waals surface area contributed by atoms with Crippen molar-refractivity contribution >= 4 is 11.9 Å². The summed E-state index contributed by atoms with van der Waals surface area (Å²) in [5.74, 6) is 0. The first-order valence-electron chi connectivity index (χ1n) is 4.04. The van der Waals surface area contributed by atoms with E-state index in [-0.39, 0.29) is 18.9 Å². The van der Waals surface area contributed by atoms with Gasteiger partial charge < -0.3 is 10.1 Å². The molecule has 0 fully saturated rings. The van der Waals surface area contributed by atoms with Gasteiger partial charge in [0.05, 0.1) is 18.1 Å². The Labute approximate surface area is 81.0 Å². The van der Waals surface area contributed by atoms with Crippen LogP contribution in [-0.4, -0.2) is 17.7 Å². The topological polar surface area (TPSA) is 76.2 Å². The predicted molar refractivity (Wildman–Crippen MR) is 51.5 cm³/mol. The van der Waals surface area contributed by atoms with Crippen LogP contribution in [0.2, 0.25) is 0 Å². The van der Waals surface area contributed by atoms with Crippen LogP contribution in [-0.2, 0) is 11.3 Å². The third kappa shape index (κ3) is 2.95. The van der Waals surface area contributed by atoms with Gasteiger partial charge in [-0.05, 0) is 5.56 Å². The molecule has 0 spiro atoms. The molecule has 0 aliphatic heterocycles. The van der Waals surface area contributed by atoms with Crippen molar-refractivity contribution in [3.05, 3.63) is 39.9 Å². The Morgan fingerprint density at radius 1 is 1.57 bits per heavy atom. The van der Waals surface area contributed by atoms with Crippen LogP contribution >= 0.6 is 0 Å². The molecule has 0 heterocycles. The second-order valence-electron chi connectivity index (χ2n) is 2.65. The Morgan fingerprint density at radius 2 is 2.36 bits per heavy atom. The maximum atomic E-state index is 10.4. The van der Waals surface area contributed by atoms with Crippen molar-refractivity contribution in [1.82, 2.24) is 0 Å². The SMILES string of the molecule is N=CCOCc1cccc([N+](=O)[O-])c1. The maximum absolute atomic E-state index is 10.4. The van der Waals surface area contributed by atoms with Crippen LogP contribution in [0.25, 0.3) is 0 Å². The van der Waals surface area contributed by atoms with Crippen molar-refractivity contribution < 1.29 is 9.66 Å². The summed E-state index contributed by atoms with van der Waals surface area (Å²) in [4.78, 5) is 9.97. The number of rotatable bonds is 5. The summed E-state index contributed by atoms with van der Waals surface area (Å²) in [6.07, 6.45) is 1.14. The lowest BCUT2D eigenvalue weighted by atomic mass is 10.2. The lowest BCUT2D eigenvalue weighted by molar-refractivity contribution is -0.384. The molecule has 0 unspecified atom stereocenters. The zero-order chi connectivity index (χ0) is 10.4. The smallest absolute Gasteiger partial charge is 0.269 e. The van der Waals surface area contributed by atoms with Gasteiger partial charge in [-0.2, -0.15) is 0 Å². The monoisotopic (exact) mass is 194 g/mol. The van der Waals surface area contributed by atoms with Gasteiger partial charge in [0, 0.05) is 18.3 Å². The van der Waals surface area contributed by atoms with Crippen molar-refractivity contribution in [2.24, 2.45) is 0 Å². The van der Waals surface area contributed by atoms with Crippen LogP contribution in [0.15, 0.2) is 24.3 Å². The highest BCUT2D eigenvalue weighted by Crippen LogP contribution is 2.13. The van der Waals surface area contributed by atoms with E-state index in [0.717, 1.165) is 11.8 Å². The first-order valence-corrected chi connectivity index (χ1v) is 4.04. The largest absolute Gasteiger partial charge is 0.371 e. The summed E-state index contributed by atoms with van der Waals surface area (Å²) in [5, 5.41) is 17.1. The van der Waals surface area contributed by atoms with Crippen LogP contribution in [0, 0.1) is 15.5 Å². The minimum Gasteiger partial charge on any atom is -0.371 e. The summed E-state index contributed by atoms with van der Waals surface area (Å²) in [5.41, 5.74) is 0.794. The Kier molecular flexibility index (Phi) is 3.75. The fraction of sp³-hybridized carbons (Fsp3) is 0.222. The van der Waals surface area contributed by atoms with Crippen LogP contribution in [0.4, 0.5) is 5.69 Å². The van der Waals surface area contributed by atoms with Crippen LogP contribution in [0.5, 0.6) is 0 Å². The number of benzene rings is 1. The molecular weight excluding hydrogens is 184 g/mol. The van der Waals surface area contributed by atoms with E-state index < -0.39 is 4.92 Å². The molecule has 1 N–H and O–H groups in total. The number of nitro groups is 1. The first-order chi connectivity index (χ1) is 6.74. The minimum absolute atomic E-state index is 0.0564. The predicted octanol–water partition coefficient (Wildman–Crippen LogP) is 1.76. The fourth-order valence-electron chi connectivity index (χ4n) is 0.996. The van der Waals surface area contributed by atoms with Gasteiger partial charge in [-0.3, -0.25) is 10.1 Å². The number of ether oxygens (including phenoxy) is 1. The Hall–Kier alpha value is -1.75. The van der Waals surface area contributed by atoms with Gasteiger partial charge in [-0.15, -0.1) is 0 Å². The van der Waals surface area contributed by atoms with Gasteiger partial charge in [-0.25, -0.2) is 0 Å². The lowest BCUT2D eigenvalue weighted by Gasteiger charge is -2.00. The van der Waals surface area contributed by atoms with Gasteiger partial charge in [0.25, 0.3) is 5.69 Å². The van der Waals surface area contributed by atoms with Crippen LogP contribution in [0.1, 0.15) is 5.56 Å². The Morgan fingerprint density at radius 3 is 3.00 bits per heavy atom. The molecule has 14 heavy (non-hydrogen) atoms. The normalized spacial score (nSPS) is 9.71. The fourth-order valence-corrected chi connectivity index (χ4v) is 0.996. The van der Waals surface area contributed by atoms with Crippen molar-refractivity contribution in [3.8, 4) is 0 Å². The summed E-state index contributed by atoms with van der Waals surface area (Å²) in [6, 6.07) is 6.25. The van der Waals surface area contributed by atoms with E-state index in [2.05, 4.69) is 0 Å². The molecule has 5 heteroatoms. The molecule has 0 atom stereocenters. The van der Waals surface area contributed by atoms with Crippen molar-refractivity contribution in [3.63, 3.8) is 0 Å². The summed E-state index contributed by atoms with van der Waals surface area (Å²) >= 11 is 0. The molecule has 1 aromatic rings. The molecule has 0 aliphatic carbocycles. The third-order valence-electron chi connectivity index (χ3n) is 1.59. The van der Waals surface area contributed by atoms with E-state index in [1.165, 1.54) is 12.1 Å². The van der Waals surface area contributed by atoms with Crippen molar-refractivity contribution in [1.29, 1.82) is 5.41 Å². The van der Waals surface area contributed by atoms with Gasteiger partial charge in [0.2, 0.25) is 0 Å². The number of hydrogen-bond donors (Lipinski definition) is 1. The van der Waals surface area contributed by atoms with Crippen molar-refractivity contribution in [2.45, 2.75) is 6.61 Å².